The fourth-order valence-corrected chi connectivity index (χ4v) is 3.17. The van der Waals surface area contributed by atoms with Gasteiger partial charge in [0.2, 0.25) is 0 Å². The van der Waals surface area contributed by atoms with Gasteiger partial charge in [-0.1, -0.05) is 86.8 Å². The Bertz CT molecular complexity index is 693. The Hall–Kier alpha value is -2.21. The second-order valence-electron chi connectivity index (χ2n) is 7.04. The Morgan fingerprint density at radius 3 is 2.11 bits per heavy atom. The van der Waals surface area contributed by atoms with Crippen LogP contribution in [0.3, 0.4) is 0 Å². The van der Waals surface area contributed by atoms with E-state index in [1.54, 1.807) is 0 Å². The highest BCUT2D eigenvalue weighted by Crippen LogP contribution is 2.29. The third kappa shape index (κ3) is 5.89. The van der Waals surface area contributed by atoms with Gasteiger partial charge in [0.1, 0.15) is 5.54 Å². The molecule has 0 aliphatic heterocycles. The van der Waals surface area contributed by atoms with Gasteiger partial charge in [-0.3, -0.25) is 4.79 Å². The molecule has 0 aliphatic rings. The maximum absolute atomic E-state index is 11.8. The van der Waals surface area contributed by atoms with Crippen LogP contribution in [0.1, 0.15) is 55.9 Å². The third-order valence-corrected chi connectivity index (χ3v) is 4.91. The van der Waals surface area contributed by atoms with Crippen LogP contribution in [0.4, 0.5) is 0 Å². The van der Waals surface area contributed by atoms with Crippen molar-refractivity contribution in [1.82, 2.24) is 5.32 Å². The first-order chi connectivity index (χ1) is 13.0. The van der Waals surface area contributed by atoms with Crippen LogP contribution in [0.15, 0.2) is 60.7 Å². The number of rotatable bonds is 11. The van der Waals surface area contributed by atoms with E-state index < -0.39 is 23.7 Å². The van der Waals surface area contributed by atoms with E-state index in [0.29, 0.717) is 6.42 Å². The number of unbranched alkanes of at least 4 members (excludes halogenated alkanes) is 2. The van der Waals surface area contributed by atoms with Crippen molar-refractivity contribution in [3.63, 3.8) is 0 Å². The fraction of sp³-hybridized carbons (Fsp3) is 0.409. The Morgan fingerprint density at radius 2 is 1.59 bits per heavy atom. The molecule has 5 heteroatoms. The van der Waals surface area contributed by atoms with Crippen LogP contribution in [-0.4, -0.2) is 28.3 Å². The highest BCUT2D eigenvalue weighted by molar-refractivity contribution is 5.78. The number of benzene rings is 2. The maximum atomic E-state index is 11.8. The summed E-state index contributed by atoms with van der Waals surface area (Å²) in [5, 5.41) is 23.8. The summed E-state index contributed by atoms with van der Waals surface area (Å²) in [6.07, 6.45) is 2.29. The van der Waals surface area contributed by atoms with Gasteiger partial charge in [0, 0.05) is 6.54 Å². The molecule has 146 valence electrons. The lowest BCUT2D eigenvalue weighted by atomic mass is 9.91. The minimum absolute atomic E-state index is 0.0789. The highest BCUT2D eigenvalue weighted by Gasteiger charge is 2.35. The molecule has 0 fully saturated rings. The van der Waals surface area contributed by atoms with Gasteiger partial charge in [0.05, 0.1) is 12.1 Å². The SMILES string of the molecule is CCCCCC(N)(CN[C@H](c1ccccc1)[C@@H](O)c1ccccc1)C(=O)O. The van der Waals surface area contributed by atoms with Crippen LogP contribution in [0.5, 0.6) is 0 Å². The smallest absolute Gasteiger partial charge is 0.325 e. The zero-order valence-corrected chi connectivity index (χ0v) is 15.8. The van der Waals surface area contributed by atoms with Gasteiger partial charge >= 0.3 is 5.97 Å². The molecule has 0 bridgehead atoms. The standard InChI is InChI=1S/C22H30N2O3/c1-2-3-10-15-22(23,21(26)27)16-24-19(17-11-6-4-7-12-17)20(25)18-13-8-5-9-14-18/h4-9,11-14,19-20,24-25H,2-3,10,15-16,23H2,1H3,(H,26,27)/t19-,20+,22?/m1/s1. The molecule has 0 amide bonds. The van der Waals surface area contributed by atoms with Crippen molar-refractivity contribution in [2.24, 2.45) is 5.73 Å². The number of nitrogens with two attached hydrogens (primary N) is 1. The summed E-state index contributed by atoms with van der Waals surface area (Å²) in [6.45, 7) is 2.15. The van der Waals surface area contributed by atoms with Crippen LogP contribution in [0.2, 0.25) is 0 Å². The lowest BCUT2D eigenvalue weighted by Crippen LogP contribution is -2.56. The van der Waals surface area contributed by atoms with Crippen molar-refractivity contribution in [3.8, 4) is 0 Å². The average molecular weight is 370 g/mol. The molecule has 0 spiro atoms. The summed E-state index contributed by atoms with van der Waals surface area (Å²) >= 11 is 0. The average Bonchev–Trinajstić information content (AvgIpc) is 2.69. The van der Waals surface area contributed by atoms with E-state index in [9.17, 15) is 15.0 Å². The van der Waals surface area contributed by atoms with E-state index in [1.807, 2.05) is 60.7 Å². The van der Waals surface area contributed by atoms with Gasteiger partial charge in [-0.2, -0.15) is 0 Å². The van der Waals surface area contributed by atoms with Crippen LogP contribution < -0.4 is 11.1 Å². The molecular formula is C22H30N2O3. The van der Waals surface area contributed by atoms with Gasteiger partial charge in [0.25, 0.3) is 0 Å². The summed E-state index contributed by atoms with van der Waals surface area (Å²) in [6, 6.07) is 18.4. The predicted molar refractivity (Wildman–Crippen MR) is 107 cm³/mol. The summed E-state index contributed by atoms with van der Waals surface area (Å²) in [5.41, 5.74) is 6.49. The van der Waals surface area contributed by atoms with Crippen molar-refractivity contribution in [2.45, 2.75) is 50.3 Å². The number of aliphatic carboxylic acids is 1. The predicted octanol–water partition coefficient (Wildman–Crippen LogP) is 3.41. The number of carboxylic acid groups (broad SMARTS) is 1. The first kappa shape index (κ1) is 21.1. The second kappa shape index (κ2) is 10.2. The van der Waals surface area contributed by atoms with E-state index in [-0.39, 0.29) is 6.54 Å². The number of hydrogen-bond donors (Lipinski definition) is 4. The topological polar surface area (TPSA) is 95.6 Å². The van der Waals surface area contributed by atoms with Crippen LogP contribution in [0.25, 0.3) is 0 Å². The maximum Gasteiger partial charge on any atom is 0.325 e. The number of aliphatic hydroxyl groups is 1. The minimum atomic E-state index is -1.36. The molecule has 5 nitrogen and oxygen atoms in total. The normalized spacial score (nSPS) is 15.7. The molecule has 2 aromatic carbocycles. The zero-order chi connectivity index (χ0) is 19.7. The number of nitrogens with one attached hydrogen (secondary N) is 1. The zero-order valence-electron chi connectivity index (χ0n) is 15.8. The monoisotopic (exact) mass is 370 g/mol. The minimum Gasteiger partial charge on any atom is -0.480 e. The Balaban J connectivity index is 2.20. The van der Waals surface area contributed by atoms with Gasteiger partial charge < -0.3 is 21.3 Å². The summed E-state index contributed by atoms with van der Waals surface area (Å²) in [4.78, 5) is 11.8. The number of aliphatic hydroxyl groups excluding tert-OH is 1. The van der Waals surface area contributed by atoms with E-state index in [0.717, 1.165) is 30.4 Å². The molecule has 1 unspecified atom stereocenters. The highest BCUT2D eigenvalue weighted by atomic mass is 16.4. The van der Waals surface area contributed by atoms with Crippen molar-refractivity contribution in [1.29, 1.82) is 0 Å². The molecule has 2 rings (SSSR count). The van der Waals surface area contributed by atoms with Gasteiger partial charge in [-0.25, -0.2) is 0 Å². The van der Waals surface area contributed by atoms with Crippen LogP contribution >= 0.6 is 0 Å². The molecule has 27 heavy (non-hydrogen) atoms. The molecule has 0 aliphatic carbocycles. The first-order valence-corrected chi connectivity index (χ1v) is 9.51. The molecule has 0 saturated heterocycles. The molecule has 0 heterocycles. The van der Waals surface area contributed by atoms with Gasteiger partial charge in [0.15, 0.2) is 0 Å². The summed E-state index contributed by atoms with van der Waals surface area (Å²) in [5.74, 6) is -1.02. The largest absolute Gasteiger partial charge is 0.480 e. The lowest BCUT2D eigenvalue weighted by molar-refractivity contribution is -0.143. The Labute approximate surface area is 161 Å². The molecule has 0 saturated carbocycles. The van der Waals surface area contributed by atoms with Crippen LogP contribution in [0, 0.1) is 0 Å². The quantitative estimate of drug-likeness (QED) is 0.455. The fourth-order valence-electron chi connectivity index (χ4n) is 3.17. The van der Waals surface area contributed by atoms with Crippen molar-refractivity contribution >= 4 is 5.97 Å². The summed E-state index contributed by atoms with van der Waals surface area (Å²) < 4.78 is 0. The number of carbonyl (C=O) groups is 1. The molecule has 0 radical (unpaired) electrons. The van der Waals surface area contributed by atoms with E-state index in [1.165, 1.54) is 0 Å². The second-order valence-corrected chi connectivity index (χ2v) is 7.04. The Morgan fingerprint density at radius 1 is 1.04 bits per heavy atom. The van der Waals surface area contributed by atoms with Gasteiger partial charge in [-0.15, -0.1) is 0 Å². The summed E-state index contributed by atoms with van der Waals surface area (Å²) in [7, 11) is 0. The first-order valence-electron chi connectivity index (χ1n) is 9.51. The molecule has 3 atom stereocenters. The van der Waals surface area contributed by atoms with Crippen molar-refractivity contribution in [3.05, 3.63) is 71.8 Å². The number of hydrogen-bond acceptors (Lipinski definition) is 4. The number of carboxylic acids is 1. The molecule has 2 aromatic rings. The van der Waals surface area contributed by atoms with E-state index >= 15 is 0 Å². The molecule has 5 N–H and O–H groups in total. The van der Waals surface area contributed by atoms with E-state index in [4.69, 9.17) is 5.73 Å². The van der Waals surface area contributed by atoms with Crippen molar-refractivity contribution < 1.29 is 15.0 Å². The van der Waals surface area contributed by atoms with Crippen LogP contribution in [-0.2, 0) is 4.79 Å². The third-order valence-electron chi connectivity index (χ3n) is 4.91. The lowest BCUT2D eigenvalue weighted by Gasteiger charge is -2.31. The Kier molecular flexibility index (Phi) is 7.98. The molecule has 0 aromatic heterocycles. The van der Waals surface area contributed by atoms with E-state index in [2.05, 4.69) is 12.2 Å². The van der Waals surface area contributed by atoms with Gasteiger partial charge in [-0.05, 0) is 17.5 Å². The van der Waals surface area contributed by atoms with Crippen molar-refractivity contribution in [2.75, 3.05) is 6.54 Å². The molecular weight excluding hydrogens is 340 g/mol.